The Morgan fingerprint density at radius 3 is 1.36 bits per heavy atom. The van der Waals surface area contributed by atoms with E-state index in [1.807, 2.05) is 133 Å². The number of rotatable bonds is 23. The molecule has 0 radical (unpaired) electrons. The van der Waals surface area contributed by atoms with Gasteiger partial charge in [0.05, 0.1) is 44.0 Å². The maximum atomic E-state index is 14.5. The third kappa shape index (κ3) is 16.0. The lowest BCUT2D eigenvalue weighted by molar-refractivity contribution is -0.143. The number of halogens is 2. The molecule has 8 aromatic carbocycles. The van der Waals surface area contributed by atoms with Crippen LogP contribution in [0.4, 0.5) is 18.4 Å². The predicted octanol–water partition coefficient (Wildman–Crippen LogP) is 14.8. The summed E-state index contributed by atoms with van der Waals surface area (Å²) in [6, 6.07) is 57.8. The fourth-order valence-corrected chi connectivity index (χ4v) is 12.3. The first kappa shape index (κ1) is 68.1. The minimum absolute atomic E-state index is 0.0313. The molecule has 0 bridgehead atoms. The minimum atomic E-state index is -1.37. The quantitative estimate of drug-likeness (QED) is 0.0467. The molecule has 2 aliphatic rings. The van der Waals surface area contributed by atoms with Crippen LogP contribution in [-0.4, -0.2) is 102 Å². The number of carbonyl (C=O) groups excluding carboxylic acids is 6. The van der Waals surface area contributed by atoms with Crippen molar-refractivity contribution in [2.45, 2.75) is 77.9 Å². The van der Waals surface area contributed by atoms with Gasteiger partial charge in [-0.1, -0.05) is 165 Å². The summed E-state index contributed by atoms with van der Waals surface area (Å²) in [7, 11) is -1.37. The molecular formula is C77H72F2N6O12Si. The van der Waals surface area contributed by atoms with E-state index in [0.29, 0.717) is 52.7 Å². The van der Waals surface area contributed by atoms with E-state index in [1.165, 1.54) is 35.4 Å². The smallest absolute Gasteiger partial charge is 0.424 e. The molecule has 2 aliphatic heterocycles. The van der Waals surface area contributed by atoms with Crippen molar-refractivity contribution in [1.29, 1.82) is 0 Å². The van der Waals surface area contributed by atoms with Gasteiger partial charge in [-0.05, 0) is 102 Å². The Balaban J connectivity index is 0.000000204. The molecule has 0 unspecified atom stereocenters. The van der Waals surface area contributed by atoms with E-state index >= 15 is 0 Å². The van der Waals surface area contributed by atoms with Crippen molar-refractivity contribution in [3.05, 3.63) is 274 Å². The number of hydrogen-bond donors (Lipinski definition) is 1. The third-order valence-electron chi connectivity index (χ3n) is 16.3. The summed E-state index contributed by atoms with van der Waals surface area (Å²) in [6.45, 7) is 9.93. The van der Waals surface area contributed by atoms with Gasteiger partial charge in [-0.3, -0.25) is 29.1 Å². The van der Waals surface area contributed by atoms with Crippen LogP contribution in [0.25, 0.3) is 21.8 Å². The van der Waals surface area contributed by atoms with E-state index in [1.54, 1.807) is 61.3 Å². The van der Waals surface area contributed by atoms with Crippen LogP contribution in [0, 0.1) is 11.6 Å². The van der Waals surface area contributed by atoms with Gasteiger partial charge in [0.15, 0.2) is 11.5 Å². The summed E-state index contributed by atoms with van der Waals surface area (Å²) in [5, 5.41) is 3.35. The highest BCUT2D eigenvalue weighted by molar-refractivity contribution is 6.76. The van der Waals surface area contributed by atoms with Crippen LogP contribution in [0.3, 0.4) is 0 Å². The van der Waals surface area contributed by atoms with Crippen molar-refractivity contribution in [3.63, 3.8) is 0 Å². The zero-order valence-electron chi connectivity index (χ0n) is 54.7. The molecule has 2 aromatic heterocycles. The first-order valence-electron chi connectivity index (χ1n) is 32.2. The van der Waals surface area contributed by atoms with Gasteiger partial charge in [0, 0.05) is 55.5 Å². The standard InChI is InChI=1S/C41H37FN4O9.C36H35FN2O3Si/c1-3-52-32(47)22-44-40(50)46(25-33(48)53-4-2)41(51)55-37-30-16-11-21-43-35(30)38(54-36(27-12-7-5-8-13-27)28-14-9-6-10-15-28)34-31(37)24-45(39(34)49)23-26-17-19-29(42)20-18-26;1-43(2,3)22-21-41-34-29-15-10-20-38-32(29)35(42-33(26-11-6-4-7-12-26)27-13-8-5-9-14-27)31-30(34)24-39(36(31)40)23-25-16-18-28(37)19-17-25/h5-21,36H,3-4,22-25H2,1-2H3,(H,44,50);4-20,33H,21-24H2,1-3H3. The van der Waals surface area contributed by atoms with Crippen molar-refractivity contribution in [1.82, 2.24) is 30.0 Å². The molecule has 1 N–H and O–H groups in total. The van der Waals surface area contributed by atoms with E-state index in [0.717, 1.165) is 44.8 Å². The fraction of sp³-hybridized carbons (Fsp3) is 0.221. The van der Waals surface area contributed by atoms with Crippen LogP contribution in [0.15, 0.2) is 207 Å². The van der Waals surface area contributed by atoms with Gasteiger partial charge in [0.25, 0.3) is 11.8 Å². The zero-order chi connectivity index (χ0) is 68.9. The first-order valence-corrected chi connectivity index (χ1v) is 35.9. The summed E-state index contributed by atoms with van der Waals surface area (Å²) in [5.41, 5.74) is 7.38. The number of imide groups is 1. The highest BCUT2D eigenvalue weighted by Gasteiger charge is 2.41. The topological polar surface area (TPSA) is 205 Å². The predicted molar refractivity (Wildman–Crippen MR) is 367 cm³/mol. The van der Waals surface area contributed by atoms with E-state index in [2.05, 4.69) is 29.9 Å². The molecule has 18 nitrogen and oxygen atoms in total. The van der Waals surface area contributed by atoms with Crippen LogP contribution in [0.5, 0.6) is 23.0 Å². The van der Waals surface area contributed by atoms with E-state index in [4.69, 9.17) is 33.4 Å². The number of nitrogens with one attached hydrogen (secondary N) is 1. The number of aromatic nitrogens is 2. The van der Waals surface area contributed by atoms with Gasteiger partial charge in [-0.15, -0.1) is 0 Å². The number of ether oxygens (including phenoxy) is 6. The highest BCUT2D eigenvalue weighted by atomic mass is 28.3. The first-order chi connectivity index (χ1) is 47.5. The molecule has 0 spiro atoms. The van der Waals surface area contributed by atoms with Crippen LogP contribution < -0.4 is 24.3 Å². The minimum Gasteiger partial charge on any atom is -0.493 e. The zero-order valence-corrected chi connectivity index (χ0v) is 55.7. The lowest BCUT2D eigenvalue weighted by atomic mass is 9.99. The number of esters is 2. The van der Waals surface area contributed by atoms with Gasteiger partial charge in [0.1, 0.15) is 59.5 Å². The molecule has 0 saturated carbocycles. The molecule has 4 heterocycles. The lowest BCUT2D eigenvalue weighted by Crippen LogP contribution is -2.49. The summed E-state index contributed by atoms with van der Waals surface area (Å²) in [4.78, 5) is 93.6. The molecule has 0 atom stereocenters. The van der Waals surface area contributed by atoms with Crippen molar-refractivity contribution in [3.8, 4) is 23.0 Å². The molecule has 0 aliphatic carbocycles. The van der Waals surface area contributed by atoms with Gasteiger partial charge in [-0.2, -0.15) is 0 Å². The second-order valence-corrected chi connectivity index (χ2v) is 30.0. The third-order valence-corrected chi connectivity index (χ3v) is 18.0. The molecule has 21 heteroatoms. The number of pyridine rings is 2. The van der Waals surface area contributed by atoms with Crippen molar-refractivity contribution >= 4 is 65.8 Å². The molecule has 98 heavy (non-hydrogen) atoms. The van der Waals surface area contributed by atoms with Gasteiger partial charge in [-0.25, -0.2) is 23.3 Å². The number of hydrogen-bond acceptors (Lipinski definition) is 14. The number of benzene rings is 8. The average Bonchev–Trinajstić information content (AvgIpc) is 1.52. The largest absolute Gasteiger partial charge is 0.493 e. The Morgan fingerprint density at radius 1 is 0.531 bits per heavy atom. The molecule has 500 valence electrons. The van der Waals surface area contributed by atoms with Crippen LogP contribution >= 0.6 is 0 Å². The summed E-state index contributed by atoms with van der Waals surface area (Å²) in [6.07, 6.45) is 0.759. The Kier molecular flexibility index (Phi) is 21.6. The number of nitrogens with zero attached hydrogens (tertiary/aromatic N) is 5. The van der Waals surface area contributed by atoms with Crippen LogP contribution in [0.1, 0.15) is 91.3 Å². The molecule has 0 saturated heterocycles. The maximum absolute atomic E-state index is 14.5. The van der Waals surface area contributed by atoms with Gasteiger partial charge in [0.2, 0.25) is 0 Å². The van der Waals surface area contributed by atoms with Crippen molar-refractivity contribution in [2.24, 2.45) is 0 Å². The van der Waals surface area contributed by atoms with Gasteiger partial charge < -0.3 is 43.5 Å². The molecule has 12 rings (SSSR count). The van der Waals surface area contributed by atoms with Crippen molar-refractivity contribution < 1.29 is 66.0 Å². The van der Waals surface area contributed by atoms with Crippen molar-refractivity contribution in [2.75, 3.05) is 32.9 Å². The van der Waals surface area contributed by atoms with E-state index in [9.17, 15) is 37.5 Å². The summed E-state index contributed by atoms with van der Waals surface area (Å²) >= 11 is 0. The Hall–Kier alpha value is -11.3. The SMILES string of the molecule is CCOC(=O)CNC(=O)N(CC(=O)OCC)C(=O)Oc1c2c(c(OC(c3ccccc3)c3ccccc3)c3ncccc13)C(=O)N(Cc1ccc(F)cc1)C2.C[Si](C)(C)CCOc1c2c(c(OC(c3ccccc3)c3ccccc3)c3ncccc13)C(=O)N(Cc1ccc(F)cc1)C2. The van der Waals surface area contributed by atoms with E-state index < -0.39 is 69.2 Å². The number of urea groups is 1. The summed E-state index contributed by atoms with van der Waals surface area (Å²) < 4.78 is 63.6. The van der Waals surface area contributed by atoms with E-state index in [-0.39, 0.29) is 71.6 Å². The molecule has 5 amide bonds. The Labute approximate surface area is 566 Å². The van der Waals surface area contributed by atoms with Crippen LogP contribution in [0.2, 0.25) is 25.7 Å². The molecule has 0 fully saturated rings. The monoisotopic (exact) mass is 1340 g/mol. The molecular weight excluding hydrogens is 1270 g/mol. The average molecular weight is 1340 g/mol. The second kappa shape index (κ2) is 31.0. The number of carbonyl (C=O) groups is 6. The van der Waals surface area contributed by atoms with Crippen LogP contribution in [-0.2, 0) is 45.2 Å². The lowest BCUT2D eigenvalue weighted by Gasteiger charge is -2.24. The molecule has 10 aromatic rings. The summed E-state index contributed by atoms with van der Waals surface area (Å²) in [5.74, 6) is -1.89. The maximum Gasteiger partial charge on any atom is 0.424 e. The normalized spacial score (nSPS) is 12.4. The number of fused-ring (bicyclic) bond motifs is 4. The van der Waals surface area contributed by atoms with Gasteiger partial charge >= 0.3 is 24.1 Å². The fourth-order valence-electron chi connectivity index (χ4n) is 11.6. The second-order valence-electron chi connectivity index (χ2n) is 24.4. The Morgan fingerprint density at radius 2 is 0.939 bits per heavy atom. The number of amides is 5. The highest BCUT2D eigenvalue weighted by Crippen LogP contribution is 2.49. The Bertz CT molecular complexity index is 4440.